The fourth-order valence-electron chi connectivity index (χ4n) is 0.153. The van der Waals surface area contributed by atoms with Gasteiger partial charge in [-0.15, -0.1) is 18.1 Å². The second-order valence-corrected chi connectivity index (χ2v) is 3.92. The first kappa shape index (κ1) is 18.9. The molecule has 0 N–H and O–H groups in total. The van der Waals surface area contributed by atoms with E-state index in [1.165, 1.54) is 0 Å². The summed E-state index contributed by atoms with van der Waals surface area (Å²) in [4.78, 5) is 56.2. The third-order valence-corrected chi connectivity index (χ3v) is 2.25. The normalized spacial score (nSPS) is 11.5. The average molecular weight is 388 g/mol. The van der Waals surface area contributed by atoms with Crippen LogP contribution in [-0.4, -0.2) is 18.1 Å². The topological polar surface area (TPSA) is 148 Å². The monoisotopic (exact) mass is 388 g/mol. The molecule has 0 amide bonds. The van der Waals surface area contributed by atoms with Crippen molar-refractivity contribution in [1.82, 2.24) is 0 Å². The van der Waals surface area contributed by atoms with E-state index in [-0.39, 0.29) is 62.7 Å². The SMILES string of the molecule is [Lu+3].[O-][Si]([O-])([O-])O[Si]([O-])([O-])[O-].[Sc+3]. The summed E-state index contributed by atoms with van der Waals surface area (Å²) in [5, 5.41) is 0. The van der Waals surface area contributed by atoms with E-state index in [2.05, 4.69) is 4.12 Å². The van der Waals surface area contributed by atoms with E-state index < -0.39 is 18.1 Å². The van der Waals surface area contributed by atoms with Crippen LogP contribution in [0.15, 0.2) is 0 Å². The summed E-state index contributed by atoms with van der Waals surface area (Å²) in [6, 6.07) is 0. The Kier molecular flexibility index (Phi) is 11.5. The Labute approximate surface area is 112 Å². The summed E-state index contributed by atoms with van der Waals surface area (Å²) >= 11 is 0. The number of hydrogen-bond donors (Lipinski definition) is 0. The Balaban J connectivity index is -0.000000320. The molecule has 0 aliphatic carbocycles. The Bertz CT molecular complexity index is 81.6. The average Bonchev–Trinajstić information content (AvgIpc) is 1.14. The van der Waals surface area contributed by atoms with Crippen LogP contribution < -0.4 is 28.8 Å². The van der Waals surface area contributed by atoms with Crippen molar-refractivity contribution in [3.63, 3.8) is 0 Å². The van der Waals surface area contributed by atoms with Crippen LogP contribution in [0.4, 0.5) is 0 Å². The minimum atomic E-state index is -5.92. The second kappa shape index (κ2) is 6.67. The maximum Gasteiger partial charge on any atom is 3.00 e. The van der Waals surface area contributed by atoms with Crippen molar-refractivity contribution in [2.24, 2.45) is 0 Å². The zero-order valence-corrected chi connectivity index (χ0v) is 10.2. The van der Waals surface area contributed by atoms with Gasteiger partial charge in [0.2, 0.25) is 0 Å². The van der Waals surface area contributed by atoms with Crippen molar-refractivity contribution >= 4 is 18.1 Å². The molecule has 0 aliphatic heterocycles. The first-order valence-electron chi connectivity index (χ1n) is 1.63. The minimum Gasteiger partial charge on any atom is -0.862 e. The summed E-state index contributed by atoms with van der Waals surface area (Å²) in [6.07, 6.45) is 0. The van der Waals surface area contributed by atoms with Gasteiger partial charge >= 0.3 is 62.7 Å². The maximum absolute atomic E-state index is 9.36. The van der Waals surface area contributed by atoms with Crippen LogP contribution in [0.2, 0.25) is 0 Å². The molecule has 11 heteroatoms. The first-order valence-corrected chi connectivity index (χ1v) is 4.90. The molecule has 11 heavy (non-hydrogen) atoms. The van der Waals surface area contributed by atoms with Crippen LogP contribution in [0.1, 0.15) is 0 Å². The summed E-state index contributed by atoms with van der Waals surface area (Å²) in [7, 11) is -11.8. The smallest absolute Gasteiger partial charge is 0.862 e. The fourth-order valence-corrected chi connectivity index (χ4v) is 1.38. The summed E-state index contributed by atoms with van der Waals surface area (Å²) in [5.41, 5.74) is 0. The molecule has 0 aliphatic rings. The molecule has 0 aromatic heterocycles. The molecule has 0 fully saturated rings. The Morgan fingerprint density at radius 2 is 0.909 bits per heavy atom. The molecule has 0 saturated carbocycles. The third kappa shape index (κ3) is 18.9. The van der Waals surface area contributed by atoms with Crippen molar-refractivity contribution in [3.8, 4) is 0 Å². The van der Waals surface area contributed by atoms with Gasteiger partial charge in [-0.05, 0) is 0 Å². The van der Waals surface area contributed by atoms with E-state index in [4.69, 9.17) is 0 Å². The van der Waals surface area contributed by atoms with Crippen molar-refractivity contribution in [1.29, 1.82) is 0 Å². The van der Waals surface area contributed by atoms with Gasteiger partial charge in [-0.25, -0.2) is 0 Å². The molecule has 0 heterocycles. The van der Waals surface area contributed by atoms with E-state index in [0.29, 0.717) is 0 Å². The maximum atomic E-state index is 9.36. The molecule has 0 aromatic carbocycles. The van der Waals surface area contributed by atoms with Gasteiger partial charge in [0.05, 0.1) is 0 Å². The molecule has 0 saturated heterocycles. The Morgan fingerprint density at radius 3 is 0.909 bits per heavy atom. The van der Waals surface area contributed by atoms with Crippen LogP contribution in [0.5, 0.6) is 0 Å². The standard InChI is InChI=1S/Lu.O7Si2.Sc/c;1-8(2,3)7-9(4,5)6;/q+3;-6;+3. The van der Waals surface area contributed by atoms with E-state index in [1.807, 2.05) is 0 Å². The van der Waals surface area contributed by atoms with Crippen LogP contribution in [0.25, 0.3) is 0 Å². The van der Waals surface area contributed by atoms with Gasteiger partial charge in [0.1, 0.15) is 0 Å². The van der Waals surface area contributed by atoms with E-state index in [0.717, 1.165) is 0 Å². The van der Waals surface area contributed by atoms with Gasteiger partial charge in [0, 0.05) is 0 Å². The van der Waals surface area contributed by atoms with E-state index in [9.17, 15) is 28.8 Å². The zero-order valence-electron chi connectivity index (χ0n) is 4.69. The van der Waals surface area contributed by atoms with Gasteiger partial charge in [-0.3, -0.25) is 0 Å². The van der Waals surface area contributed by atoms with Crippen LogP contribution in [0.3, 0.4) is 0 Å². The van der Waals surface area contributed by atoms with Crippen LogP contribution >= 0.6 is 0 Å². The van der Waals surface area contributed by atoms with Gasteiger partial charge < -0.3 is 32.9 Å². The van der Waals surface area contributed by atoms with Crippen molar-refractivity contribution in [2.45, 2.75) is 0 Å². The second-order valence-electron chi connectivity index (χ2n) is 1.10. The number of rotatable bonds is 2. The molecule has 68 valence electrons. The minimum absolute atomic E-state index is 0. The number of hydrogen-bond acceptors (Lipinski definition) is 7. The first-order chi connectivity index (χ1) is 3.71. The molecule has 0 radical (unpaired) electrons. The summed E-state index contributed by atoms with van der Waals surface area (Å²) < 4.78 is 2.57. The summed E-state index contributed by atoms with van der Waals surface area (Å²) in [6.45, 7) is 0. The largest absolute Gasteiger partial charge is 3.00 e. The van der Waals surface area contributed by atoms with Gasteiger partial charge in [-0.2, -0.15) is 0 Å². The predicted octanol–water partition coefficient (Wildman–Crippen LogP) is -7.97. The molecule has 0 bridgehead atoms. The molecular weight excluding hydrogens is 388 g/mol. The van der Waals surface area contributed by atoms with Crippen molar-refractivity contribution < 1.29 is 95.6 Å². The molecule has 0 spiro atoms. The molecule has 0 aromatic rings. The van der Waals surface area contributed by atoms with Crippen LogP contribution in [-0.2, 0) is 30.0 Å². The van der Waals surface area contributed by atoms with Crippen LogP contribution in [0, 0.1) is 36.9 Å². The Hall–Kier alpha value is 2.26. The van der Waals surface area contributed by atoms with Crippen molar-refractivity contribution in [3.05, 3.63) is 0 Å². The van der Waals surface area contributed by atoms with E-state index in [1.54, 1.807) is 0 Å². The van der Waals surface area contributed by atoms with Gasteiger partial charge in [0.15, 0.2) is 0 Å². The van der Waals surface area contributed by atoms with Crippen molar-refractivity contribution in [2.75, 3.05) is 0 Å². The molecule has 7 nitrogen and oxygen atoms in total. The molecular formula is LuO7ScSi2. The molecule has 0 unspecified atom stereocenters. The van der Waals surface area contributed by atoms with Gasteiger partial charge in [-0.1, -0.05) is 0 Å². The molecule has 0 atom stereocenters. The Morgan fingerprint density at radius 1 is 0.727 bits per heavy atom. The van der Waals surface area contributed by atoms with Gasteiger partial charge in [0.25, 0.3) is 0 Å². The molecule has 0 rings (SSSR count). The predicted molar refractivity (Wildman–Crippen MR) is 12.6 cm³/mol. The zero-order chi connectivity index (χ0) is 7.71. The third-order valence-electron chi connectivity index (χ3n) is 0.250. The van der Waals surface area contributed by atoms with E-state index >= 15 is 0 Å². The fraction of sp³-hybridized carbons (Fsp3) is 0. The summed E-state index contributed by atoms with van der Waals surface area (Å²) in [5.74, 6) is 0. The quantitative estimate of drug-likeness (QED) is 0.427.